The first-order valence-electron chi connectivity index (χ1n) is 4.97. The Kier molecular flexibility index (Phi) is 4.36. The van der Waals surface area contributed by atoms with E-state index in [0.29, 0.717) is 13.0 Å². The third-order valence-electron chi connectivity index (χ3n) is 2.62. The van der Waals surface area contributed by atoms with Crippen LogP contribution in [0.25, 0.3) is 0 Å². The summed E-state index contributed by atoms with van der Waals surface area (Å²) in [4.78, 5) is 13.4. The Bertz CT molecular complexity index is 255. The van der Waals surface area contributed by atoms with E-state index in [1.807, 2.05) is 4.90 Å². The molecule has 0 aromatic heterocycles. The summed E-state index contributed by atoms with van der Waals surface area (Å²) >= 11 is 0. The van der Waals surface area contributed by atoms with Crippen LogP contribution in [0.15, 0.2) is 5.16 Å². The molecule has 6 heteroatoms. The van der Waals surface area contributed by atoms with Gasteiger partial charge < -0.3 is 15.7 Å². The van der Waals surface area contributed by atoms with Gasteiger partial charge in [0.25, 0.3) is 0 Å². The summed E-state index contributed by atoms with van der Waals surface area (Å²) < 4.78 is 4.71. The molecule has 0 amide bonds. The van der Waals surface area contributed by atoms with Crippen LogP contribution in [-0.4, -0.2) is 48.2 Å². The highest BCUT2D eigenvalue weighted by molar-refractivity contribution is 5.80. The predicted molar refractivity (Wildman–Crippen MR) is 54.6 cm³/mol. The number of hydrogen-bond acceptors (Lipinski definition) is 5. The standard InChI is InChI=1S/C9H17N3O3/c1-15-9(13)7-3-2-5-12(7)6-4-8(10)11-14/h7,14H,2-6H2,1H3,(H2,10,11)/t7-/m1/s1. The van der Waals surface area contributed by atoms with Gasteiger partial charge in [-0.25, -0.2) is 0 Å². The fraction of sp³-hybridized carbons (Fsp3) is 0.778. The molecule has 86 valence electrons. The van der Waals surface area contributed by atoms with E-state index < -0.39 is 0 Å². The van der Waals surface area contributed by atoms with Crippen molar-refractivity contribution in [1.82, 2.24) is 4.90 Å². The van der Waals surface area contributed by atoms with Crippen molar-refractivity contribution >= 4 is 11.8 Å². The summed E-state index contributed by atoms with van der Waals surface area (Å²) in [7, 11) is 1.39. The van der Waals surface area contributed by atoms with E-state index in [9.17, 15) is 4.79 Å². The van der Waals surface area contributed by atoms with Crippen LogP contribution in [0.1, 0.15) is 19.3 Å². The van der Waals surface area contributed by atoms with Gasteiger partial charge in [0.1, 0.15) is 11.9 Å². The maximum atomic E-state index is 11.4. The summed E-state index contributed by atoms with van der Waals surface area (Å²) in [6.45, 7) is 1.48. The number of nitrogens with zero attached hydrogens (tertiary/aromatic N) is 2. The Morgan fingerprint density at radius 2 is 2.47 bits per heavy atom. The predicted octanol–water partition coefficient (Wildman–Crippen LogP) is -0.240. The van der Waals surface area contributed by atoms with Crippen molar-refractivity contribution in [3.63, 3.8) is 0 Å². The number of methoxy groups -OCH3 is 1. The number of esters is 1. The van der Waals surface area contributed by atoms with Crippen molar-refractivity contribution in [3.8, 4) is 0 Å². The molecule has 0 aromatic carbocycles. The first-order chi connectivity index (χ1) is 7.19. The molecule has 1 aliphatic heterocycles. The summed E-state index contributed by atoms with van der Waals surface area (Å²) in [5.41, 5.74) is 5.36. The summed E-state index contributed by atoms with van der Waals surface area (Å²) in [5.74, 6) is -0.0162. The SMILES string of the molecule is COC(=O)[C@H]1CCCN1CC/C(N)=N/O. The number of oxime groups is 1. The minimum Gasteiger partial charge on any atom is -0.468 e. The van der Waals surface area contributed by atoms with Crippen LogP contribution in [0.5, 0.6) is 0 Å². The summed E-state index contributed by atoms with van der Waals surface area (Å²) in [5, 5.41) is 11.3. The Hall–Kier alpha value is -1.30. The maximum absolute atomic E-state index is 11.4. The number of ether oxygens (including phenoxy) is 1. The first kappa shape index (κ1) is 11.8. The molecule has 3 N–H and O–H groups in total. The molecule has 0 radical (unpaired) electrons. The molecular formula is C9H17N3O3. The van der Waals surface area contributed by atoms with Crippen LogP contribution in [0.3, 0.4) is 0 Å². The van der Waals surface area contributed by atoms with E-state index in [0.717, 1.165) is 19.4 Å². The number of carbonyl (C=O) groups is 1. The Labute approximate surface area is 88.7 Å². The third kappa shape index (κ3) is 3.09. The van der Waals surface area contributed by atoms with Gasteiger partial charge in [0, 0.05) is 13.0 Å². The van der Waals surface area contributed by atoms with E-state index >= 15 is 0 Å². The van der Waals surface area contributed by atoms with E-state index in [-0.39, 0.29) is 17.8 Å². The topological polar surface area (TPSA) is 88.2 Å². The van der Waals surface area contributed by atoms with Gasteiger partial charge in [-0.2, -0.15) is 0 Å². The van der Waals surface area contributed by atoms with Gasteiger partial charge in [-0.1, -0.05) is 5.16 Å². The van der Waals surface area contributed by atoms with Crippen molar-refractivity contribution in [2.24, 2.45) is 10.9 Å². The molecule has 0 aromatic rings. The molecule has 6 nitrogen and oxygen atoms in total. The van der Waals surface area contributed by atoms with Crippen molar-refractivity contribution in [1.29, 1.82) is 0 Å². The van der Waals surface area contributed by atoms with Crippen LogP contribution in [-0.2, 0) is 9.53 Å². The number of rotatable bonds is 4. The number of likely N-dealkylation sites (tertiary alicyclic amines) is 1. The lowest BCUT2D eigenvalue weighted by molar-refractivity contribution is -0.145. The van der Waals surface area contributed by atoms with Gasteiger partial charge in [-0.3, -0.25) is 9.69 Å². The zero-order valence-electron chi connectivity index (χ0n) is 8.85. The molecule has 1 aliphatic rings. The first-order valence-corrected chi connectivity index (χ1v) is 4.97. The van der Waals surface area contributed by atoms with Gasteiger partial charge in [0.05, 0.1) is 7.11 Å². The number of carbonyl (C=O) groups excluding carboxylic acids is 1. The Balaban J connectivity index is 2.43. The second kappa shape index (κ2) is 5.55. The average Bonchev–Trinajstić information content (AvgIpc) is 2.72. The maximum Gasteiger partial charge on any atom is 0.323 e. The van der Waals surface area contributed by atoms with Crippen molar-refractivity contribution in [3.05, 3.63) is 0 Å². The van der Waals surface area contributed by atoms with Crippen molar-refractivity contribution in [2.45, 2.75) is 25.3 Å². The second-order valence-corrected chi connectivity index (χ2v) is 3.56. The molecule has 0 saturated carbocycles. The molecular weight excluding hydrogens is 198 g/mol. The molecule has 1 heterocycles. The van der Waals surface area contributed by atoms with Crippen LogP contribution in [0.2, 0.25) is 0 Å². The summed E-state index contributed by atoms with van der Waals surface area (Å²) in [6.07, 6.45) is 2.27. The second-order valence-electron chi connectivity index (χ2n) is 3.56. The lowest BCUT2D eigenvalue weighted by atomic mass is 10.2. The average molecular weight is 215 g/mol. The van der Waals surface area contributed by atoms with Gasteiger partial charge in [0.2, 0.25) is 0 Å². The van der Waals surface area contributed by atoms with Crippen LogP contribution >= 0.6 is 0 Å². The lowest BCUT2D eigenvalue weighted by Gasteiger charge is -2.21. The van der Waals surface area contributed by atoms with Crippen molar-refractivity contribution in [2.75, 3.05) is 20.2 Å². The van der Waals surface area contributed by atoms with Crippen LogP contribution in [0, 0.1) is 0 Å². The molecule has 15 heavy (non-hydrogen) atoms. The Morgan fingerprint density at radius 1 is 1.73 bits per heavy atom. The van der Waals surface area contributed by atoms with E-state index in [4.69, 9.17) is 15.7 Å². The highest BCUT2D eigenvalue weighted by Crippen LogP contribution is 2.18. The zero-order valence-corrected chi connectivity index (χ0v) is 8.85. The quantitative estimate of drug-likeness (QED) is 0.222. The highest BCUT2D eigenvalue weighted by atomic mass is 16.5. The normalized spacial score (nSPS) is 23.0. The van der Waals surface area contributed by atoms with Crippen molar-refractivity contribution < 1.29 is 14.7 Å². The minimum atomic E-state index is -0.202. The van der Waals surface area contributed by atoms with Crippen LogP contribution < -0.4 is 5.73 Å². The van der Waals surface area contributed by atoms with Gasteiger partial charge in [-0.05, 0) is 19.4 Å². The van der Waals surface area contributed by atoms with Gasteiger partial charge in [0.15, 0.2) is 0 Å². The lowest BCUT2D eigenvalue weighted by Crippen LogP contribution is -2.38. The number of hydrogen-bond donors (Lipinski definition) is 2. The largest absolute Gasteiger partial charge is 0.468 e. The summed E-state index contributed by atoms with van der Waals surface area (Å²) in [6, 6.07) is -0.165. The van der Waals surface area contributed by atoms with Gasteiger partial charge >= 0.3 is 5.97 Å². The monoisotopic (exact) mass is 215 g/mol. The fourth-order valence-corrected chi connectivity index (χ4v) is 1.80. The zero-order chi connectivity index (χ0) is 11.3. The molecule has 0 unspecified atom stereocenters. The van der Waals surface area contributed by atoms with E-state index in [1.54, 1.807) is 0 Å². The highest BCUT2D eigenvalue weighted by Gasteiger charge is 2.30. The molecule has 1 saturated heterocycles. The van der Waals surface area contributed by atoms with Gasteiger partial charge in [-0.15, -0.1) is 0 Å². The molecule has 1 atom stereocenters. The van der Waals surface area contributed by atoms with Crippen LogP contribution in [0.4, 0.5) is 0 Å². The number of amidine groups is 1. The molecule has 1 rings (SSSR count). The molecule has 0 bridgehead atoms. The smallest absolute Gasteiger partial charge is 0.323 e. The third-order valence-corrected chi connectivity index (χ3v) is 2.62. The Morgan fingerprint density at radius 3 is 3.07 bits per heavy atom. The minimum absolute atomic E-state index is 0.165. The molecule has 0 spiro atoms. The number of nitrogens with two attached hydrogens (primary N) is 1. The molecule has 0 aliphatic carbocycles. The fourth-order valence-electron chi connectivity index (χ4n) is 1.80. The van der Waals surface area contributed by atoms with E-state index in [1.165, 1.54) is 7.11 Å². The van der Waals surface area contributed by atoms with E-state index in [2.05, 4.69) is 5.16 Å². The molecule has 1 fully saturated rings.